The van der Waals surface area contributed by atoms with E-state index in [1.165, 1.54) is 102 Å². The summed E-state index contributed by atoms with van der Waals surface area (Å²) in [5.41, 5.74) is 12.9. The maximum Gasteiger partial charge on any atom is 0.127 e. The number of allylic oxidation sites excluding steroid dienone is 8. The molecule has 0 aromatic heterocycles. The summed E-state index contributed by atoms with van der Waals surface area (Å²) in [5.74, 6) is 3.22. The Balaban J connectivity index is 1.07. The summed E-state index contributed by atoms with van der Waals surface area (Å²) < 4.78 is 13.2. The second-order valence-electron chi connectivity index (χ2n) is 18.3. The second-order valence-corrected chi connectivity index (χ2v) is 18.3. The first-order valence-corrected chi connectivity index (χ1v) is 22.6. The largest absolute Gasteiger partial charge is 0.489 e. The Hall–Kier alpha value is -6.26. The first-order valence-electron chi connectivity index (χ1n) is 22.6. The molecule has 6 aromatic carbocycles. The molecule has 0 spiro atoms. The molecule has 61 heavy (non-hydrogen) atoms. The average molecular weight is 797 g/mol. The Kier molecular flexibility index (Phi) is 8.66. The summed E-state index contributed by atoms with van der Waals surface area (Å²) in [6.45, 7) is 6.83. The number of ether oxygens (including phenoxy) is 2. The van der Waals surface area contributed by atoms with Gasteiger partial charge in [-0.25, -0.2) is 0 Å². The van der Waals surface area contributed by atoms with E-state index < -0.39 is 0 Å². The Morgan fingerprint density at radius 1 is 0.607 bits per heavy atom. The summed E-state index contributed by atoms with van der Waals surface area (Å²) in [7, 11) is 0. The summed E-state index contributed by atoms with van der Waals surface area (Å²) >= 11 is 0. The molecule has 0 N–H and O–H groups in total. The molecule has 6 aliphatic rings. The number of rotatable bonds is 6. The van der Waals surface area contributed by atoms with Crippen LogP contribution in [0.4, 0.5) is 22.7 Å². The lowest BCUT2D eigenvalue weighted by molar-refractivity contribution is 0.148. The highest BCUT2D eigenvalue weighted by atomic mass is 16.5. The van der Waals surface area contributed by atoms with Gasteiger partial charge in [-0.15, -0.1) is 0 Å². The van der Waals surface area contributed by atoms with Gasteiger partial charge in [0.1, 0.15) is 23.7 Å². The number of para-hydroxylation sites is 1. The van der Waals surface area contributed by atoms with Crippen LogP contribution in [0.25, 0.3) is 32.3 Å². The fourth-order valence-electron chi connectivity index (χ4n) is 11.5. The molecule has 0 radical (unpaired) electrons. The van der Waals surface area contributed by atoms with Crippen molar-refractivity contribution in [2.24, 2.45) is 11.8 Å². The van der Waals surface area contributed by atoms with Crippen LogP contribution in [0, 0.1) is 11.8 Å². The third-order valence-electron chi connectivity index (χ3n) is 14.3. The number of benzene rings is 6. The fraction of sp³-hybridized carbons (Fsp3) is 0.263. The van der Waals surface area contributed by atoms with Crippen LogP contribution in [0.5, 0.6) is 5.75 Å². The van der Waals surface area contributed by atoms with Crippen LogP contribution in [0.1, 0.15) is 77.2 Å². The van der Waals surface area contributed by atoms with Crippen LogP contribution in [-0.2, 0) is 4.74 Å². The molecule has 4 unspecified atom stereocenters. The molecule has 4 heteroatoms. The number of nitrogens with zero attached hydrogens (tertiary/aromatic N) is 2. The van der Waals surface area contributed by atoms with Gasteiger partial charge < -0.3 is 19.3 Å². The SMILES string of the molecule is CC1=C[C@H]2C3=C(CCC(N(c4ccccc4)c4cc5c6ccccc6c(N(C6=CCCCC6)c6ccc7c(c6)C6C=C(C)CC(C)C6O7)cc5c5ccccc45)=C3)OC2C=C1. The van der Waals surface area contributed by atoms with Gasteiger partial charge in [0, 0.05) is 62.9 Å². The van der Waals surface area contributed by atoms with Crippen LogP contribution in [0.3, 0.4) is 0 Å². The lowest BCUT2D eigenvalue weighted by atomic mass is 9.79. The van der Waals surface area contributed by atoms with Gasteiger partial charge >= 0.3 is 0 Å². The molecule has 2 heterocycles. The van der Waals surface area contributed by atoms with E-state index in [2.05, 4.69) is 176 Å². The molecule has 2 aliphatic heterocycles. The number of fused-ring (bicyclic) bond motifs is 10. The molecule has 0 saturated heterocycles. The number of hydrogen-bond donors (Lipinski definition) is 0. The monoisotopic (exact) mass is 796 g/mol. The third-order valence-corrected chi connectivity index (χ3v) is 14.3. The molecule has 0 amide bonds. The van der Waals surface area contributed by atoms with Crippen LogP contribution in [-0.4, -0.2) is 12.2 Å². The predicted molar refractivity (Wildman–Crippen MR) is 253 cm³/mol. The van der Waals surface area contributed by atoms with Crippen molar-refractivity contribution in [3.05, 3.63) is 185 Å². The molecule has 0 fully saturated rings. The fourth-order valence-corrected chi connectivity index (χ4v) is 11.5. The maximum absolute atomic E-state index is 6.69. The van der Waals surface area contributed by atoms with Gasteiger partial charge in [-0.3, -0.25) is 0 Å². The van der Waals surface area contributed by atoms with E-state index in [4.69, 9.17) is 9.47 Å². The van der Waals surface area contributed by atoms with E-state index in [0.717, 1.165) is 43.6 Å². The zero-order chi connectivity index (χ0) is 40.8. The highest BCUT2D eigenvalue weighted by molar-refractivity contribution is 6.24. The molecule has 302 valence electrons. The quantitative estimate of drug-likeness (QED) is 0.124. The lowest BCUT2D eigenvalue weighted by Crippen LogP contribution is -2.29. The number of hydrogen-bond acceptors (Lipinski definition) is 4. The highest BCUT2D eigenvalue weighted by Gasteiger charge is 2.40. The van der Waals surface area contributed by atoms with E-state index in [1.807, 2.05) is 0 Å². The van der Waals surface area contributed by atoms with Crippen molar-refractivity contribution in [2.75, 3.05) is 9.80 Å². The number of anilines is 4. The smallest absolute Gasteiger partial charge is 0.127 e. The molecular formula is C57H52N2O2. The van der Waals surface area contributed by atoms with Crippen LogP contribution < -0.4 is 14.5 Å². The zero-order valence-electron chi connectivity index (χ0n) is 35.4. The Morgan fingerprint density at radius 3 is 2.03 bits per heavy atom. The first-order chi connectivity index (χ1) is 30.0. The van der Waals surface area contributed by atoms with Gasteiger partial charge in [-0.1, -0.05) is 109 Å². The predicted octanol–water partition coefficient (Wildman–Crippen LogP) is 15.2. The minimum absolute atomic E-state index is 0.0829. The summed E-state index contributed by atoms with van der Waals surface area (Å²) in [6, 6.07) is 41.2. The van der Waals surface area contributed by atoms with Gasteiger partial charge in [-0.05, 0) is 134 Å². The standard InChI is InChI=1S/C57H52N2O2/c1-35-22-25-54-48(29-35)49-31-40(23-26-55(49)60-54)58(38-14-6-4-7-15-38)52-33-46-43-19-11-13-21-45(43)53(34-47(46)42-18-10-12-20-44(42)52)59(39-16-8-5-9-17-39)41-24-27-56-50(32-41)51-30-36(2)28-37(3)57(51)61-56/h4,6-7,10-16,18-22,24-25,27,29-34,37,48,51,54,57H,5,8-9,17,23,26,28H2,1-3H3/t37?,48-,51?,54?,57?/m0/s1. The Morgan fingerprint density at radius 2 is 1.31 bits per heavy atom. The minimum atomic E-state index is 0.0829. The van der Waals surface area contributed by atoms with Gasteiger partial charge in [-0.2, -0.15) is 0 Å². The second kappa shape index (κ2) is 14.4. The topological polar surface area (TPSA) is 24.9 Å². The van der Waals surface area contributed by atoms with Crippen molar-refractivity contribution in [3.63, 3.8) is 0 Å². The van der Waals surface area contributed by atoms with Crippen molar-refractivity contribution in [1.29, 1.82) is 0 Å². The van der Waals surface area contributed by atoms with Crippen LogP contribution in [0.15, 0.2) is 180 Å². The van der Waals surface area contributed by atoms with Gasteiger partial charge in [0.2, 0.25) is 0 Å². The molecule has 4 aliphatic carbocycles. The summed E-state index contributed by atoms with van der Waals surface area (Å²) in [6.07, 6.45) is 22.0. The van der Waals surface area contributed by atoms with Gasteiger partial charge in [0.15, 0.2) is 0 Å². The van der Waals surface area contributed by atoms with Gasteiger partial charge in [0.05, 0.1) is 11.4 Å². The van der Waals surface area contributed by atoms with Crippen LogP contribution in [0.2, 0.25) is 0 Å². The Labute approximate surface area is 359 Å². The van der Waals surface area contributed by atoms with E-state index in [9.17, 15) is 0 Å². The molecule has 0 bridgehead atoms. The lowest BCUT2D eigenvalue weighted by Gasteiger charge is -2.33. The molecule has 0 saturated carbocycles. The van der Waals surface area contributed by atoms with E-state index in [-0.39, 0.29) is 24.0 Å². The first kappa shape index (κ1) is 36.6. The molecule has 4 nitrogen and oxygen atoms in total. The minimum Gasteiger partial charge on any atom is -0.489 e. The van der Waals surface area contributed by atoms with E-state index >= 15 is 0 Å². The molecule has 6 aromatic rings. The van der Waals surface area contributed by atoms with Crippen molar-refractivity contribution in [3.8, 4) is 5.75 Å². The van der Waals surface area contributed by atoms with Crippen molar-refractivity contribution < 1.29 is 9.47 Å². The van der Waals surface area contributed by atoms with Crippen LogP contribution >= 0.6 is 0 Å². The zero-order valence-corrected chi connectivity index (χ0v) is 35.4. The maximum atomic E-state index is 6.69. The Bertz CT molecular complexity index is 2980. The summed E-state index contributed by atoms with van der Waals surface area (Å²) in [4.78, 5) is 5.14. The third kappa shape index (κ3) is 6.01. The van der Waals surface area contributed by atoms with E-state index in [0.29, 0.717) is 5.92 Å². The molecular weight excluding hydrogens is 745 g/mol. The van der Waals surface area contributed by atoms with Gasteiger partial charge in [0.25, 0.3) is 0 Å². The van der Waals surface area contributed by atoms with Crippen molar-refractivity contribution in [1.82, 2.24) is 0 Å². The van der Waals surface area contributed by atoms with Crippen molar-refractivity contribution >= 4 is 55.1 Å². The highest BCUT2D eigenvalue weighted by Crippen LogP contribution is 2.52. The molecule has 5 atom stereocenters. The van der Waals surface area contributed by atoms with Crippen molar-refractivity contribution in [2.45, 2.75) is 83.8 Å². The molecule has 12 rings (SSSR count). The average Bonchev–Trinajstić information content (AvgIpc) is 3.85. The summed E-state index contributed by atoms with van der Waals surface area (Å²) in [5, 5.41) is 7.58. The van der Waals surface area contributed by atoms with E-state index in [1.54, 1.807) is 0 Å². The normalized spacial score (nSPS) is 23.9.